The van der Waals surface area contributed by atoms with E-state index in [2.05, 4.69) is 5.10 Å². The Morgan fingerprint density at radius 3 is 3.00 bits per heavy atom. The van der Waals surface area contributed by atoms with Gasteiger partial charge in [-0.25, -0.2) is 0 Å². The zero-order valence-electron chi connectivity index (χ0n) is 9.34. The molecule has 2 rings (SSSR count). The van der Waals surface area contributed by atoms with E-state index in [-0.39, 0.29) is 5.92 Å². The summed E-state index contributed by atoms with van der Waals surface area (Å²) in [4.78, 5) is 10.8. The van der Waals surface area contributed by atoms with Gasteiger partial charge in [-0.1, -0.05) is 25.1 Å². The molecular formula is C12H14N2O2. The van der Waals surface area contributed by atoms with Crippen molar-refractivity contribution in [2.45, 2.75) is 13.3 Å². The number of aromatic nitrogens is 2. The van der Waals surface area contributed by atoms with Crippen molar-refractivity contribution < 1.29 is 9.90 Å². The van der Waals surface area contributed by atoms with Gasteiger partial charge in [0.05, 0.1) is 11.4 Å². The summed E-state index contributed by atoms with van der Waals surface area (Å²) in [5, 5.41) is 14.3. The van der Waals surface area contributed by atoms with Gasteiger partial charge in [0.15, 0.2) is 0 Å². The van der Waals surface area contributed by atoms with Crippen molar-refractivity contribution in [1.29, 1.82) is 0 Å². The summed E-state index contributed by atoms with van der Waals surface area (Å²) in [6.07, 6.45) is 2.45. The molecule has 0 saturated heterocycles. The molecule has 4 nitrogen and oxygen atoms in total. The van der Waals surface area contributed by atoms with E-state index < -0.39 is 5.97 Å². The minimum Gasteiger partial charge on any atom is -0.481 e. The molecule has 0 spiro atoms. The molecule has 1 heterocycles. The summed E-state index contributed by atoms with van der Waals surface area (Å²) in [7, 11) is 1.87. The van der Waals surface area contributed by atoms with Crippen LogP contribution in [0.1, 0.15) is 12.5 Å². The Bertz CT molecular complexity index is 531. The molecular weight excluding hydrogens is 204 g/mol. The lowest BCUT2D eigenvalue weighted by molar-refractivity contribution is -0.141. The van der Waals surface area contributed by atoms with E-state index in [0.29, 0.717) is 6.42 Å². The fraction of sp³-hybridized carbons (Fsp3) is 0.333. The first-order valence-corrected chi connectivity index (χ1v) is 5.22. The van der Waals surface area contributed by atoms with Gasteiger partial charge in [-0.15, -0.1) is 0 Å². The summed E-state index contributed by atoms with van der Waals surface area (Å²) >= 11 is 0. The van der Waals surface area contributed by atoms with Crippen LogP contribution >= 0.6 is 0 Å². The van der Waals surface area contributed by atoms with Crippen molar-refractivity contribution in [3.05, 3.63) is 30.0 Å². The maximum absolute atomic E-state index is 10.8. The average Bonchev–Trinajstić information content (AvgIpc) is 2.59. The Morgan fingerprint density at radius 2 is 2.31 bits per heavy atom. The third-order valence-corrected chi connectivity index (χ3v) is 2.68. The largest absolute Gasteiger partial charge is 0.481 e. The summed E-state index contributed by atoms with van der Waals surface area (Å²) in [5.74, 6) is -1.15. The fourth-order valence-corrected chi connectivity index (χ4v) is 1.81. The molecule has 0 aliphatic carbocycles. The van der Waals surface area contributed by atoms with Crippen LogP contribution in [0.5, 0.6) is 0 Å². The van der Waals surface area contributed by atoms with Crippen LogP contribution < -0.4 is 0 Å². The number of hydrogen-bond donors (Lipinski definition) is 1. The lowest BCUT2D eigenvalue weighted by atomic mass is 10.00. The zero-order valence-corrected chi connectivity index (χ0v) is 9.34. The quantitative estimate of drug-likeness (QED) is 0.855. The maximum Gasteiger partial charge on any atom is 0.306 e. The topological polar surface area (TPSA) is 55.1 Å². The molecule has 84 valence electrons. The van der Waals surface area contributed by atoms with Gasteiger partial charge < -0.3 is 5.11 Å². The van der Waals surface area contributed by atoms with Crippen LogP contribution in [0.3, 0.4) is 0 Å². The highest BCUT2D eigenvalue weighted by Crippen LogP contribution is 2.19. The standard InChI is InChI=1S/C12H14N2O2/c1-8(12(15)16)6-9-4-3-5-10-7-14(2)13-11(9)10/h3-5,7-8H,6H2,1-2H3,(H,15,16). The van der Waals surface area contributed by atoms with Crippen LogP contribution in [0.2, 0.25) is 0 Å². The number of rotatable bonds is 3. The smallest absolute Gasteiger partial charge is 0.306 e. The van der Waals surface area contributed by atoms with Crippen LogP contribution in [-0.2, 0) is 18.3 Å². The van der Waals surface area contributed by atoms with Gasteiger partial charge in [-0.2, -0.15) is 5.10 Å². The van der Waals surface area contributed by atoms with Crippen LogP contribution in [0, 0.1) is 5.92 Å². The van der Waals surface area contributed by atoms with Crippen molar-refractivity contribution in [2.24, 2.45) is 13.0 Å². The van der Waals surface area contributed by atoms with Gasteiger partial charge in [-0.05, 0) is 12.0 Å². The Kier molecular flexibility index (Phi) is 2.64. The van der Waals surface area contributed by atoms with Crippen molar-refractivity contribution >= 4 is 16.9 Å². The molecule has 16 heavy (non-hydrogen) atoms. The number of benzene rings is 1. The monoisotopic (exact) mass is 218 g/mol. The summed E-state index contributed by atoms with van der Waals surface area (Å²) in [6, 6.07) is 5.86. The second-order valence-electron chi connectivity index (χ2n) is 4.10. The molecule has 1 unspecified atom stereocenters. The average molecular weight is 218 g/mol. The molecule has 0 bridgehead atoms. The lowest BCUT2D eigenvalue weighted by Gasteiger charge is -2.06. The van der Waals surface area contributed by atoms with E-state index in [1.807, 2.05) is 31.4 Å². The number of aryl methyl sites for hydroxylation is 1. The van der Waals surface area contributed by atoms with Gasteiger partial charge in [0.1, 0.15) is 0 Å². The minimum absolute atomic E-state index is 0.382. The normalized spacial score (nSPS) is 12.9. The Hall–Kier alpha value is -1.84. The first kappa shape index (κ1) is 10.7. The van der Waals surface area contributed by atoms with Gasteiger partial charge in [0.25, 0.3) is 0 Å². The highest BCUT2D eigenvalue weighted by atomic mass is 16.4. The first-order valence-electron chi connectivity index (χ1n) is 5.22. The van der Waals surface area contributed by atoms with Gasteiger partial charge in [-0.3, -0.25) is 9.48 Å². The molecule has 0 aliphatic heterocycles. The van der Waals surface area contributed by atoms with E-state index in [0.717, 1.165) is 16.5 Å². The maximum atomic E-state index is 10.8. The van der Waals surface area contributed by atoms with Crippen molar-refractivity contribution in [3.8, 4) is 0 Å². The molecule has 2 aromatic rings. The first-order chi connectivity index (χ1) is 7.58. The van der Waals surface area contributed by atoms with Crippen molar-refractivity contribution in [1.82, 2.24) is 9.78 Å². The van der Waals surface area contributed by atoms with Crippen LogP contribution in [-0.4, -0.2) is 20.9 Å². The summed E-state index contributed by atoms with van der Waals surface area (Å²) in [5.41, 5.74) is 1.89. The molecule has 0 amide bonds. The number of carboxylic acids is 1. The number of carboxylic acid groups (broad SMARTS) is 1. The second kappa shape index (κ2) is 3.96. The summed E-state index contributed by atoms with van der Waals surface area (Å²) in [6.45, 7) is 1.71. The van der Waals surface area contributed by atoms with E-state index >= 15 is 0 Å². The van der Waals surface area contributed by atoms with Crippen molar-refractivity contribution in [2.75, 3.05) is 0 Å². The number of aliphatic carboxylic acids is 1. The van der Waals surface area contributed by atoms with Gasteiger partial charge >= 0.3 is 5.97 Å². The SMILES string of the molecule is CC(Cc1cccc2cn(C)nc12)C(=O)O. The number of hydrogen-bond acceptors (Lipinski definition) is 2. The second-order valence-corrected chi connectivity index (χ2v) is 4.10. The number of fused-ring (bicyclic) bond motifs is 1. The van der Waals surface area contributed by atoms with Gasteiger partial charge in [0.2, 0.25) is 0 Å². The zero-order chi connectivity index (χ0) is 11.7. The van der Waals surface area contributed by atoms with E-state index in [1.165, 1.54) is 0 Å². The molecule has 1 N–H and O–H groups in total. The van der Waals surface area contributed by atoms with E-state index in [9.17, 15) is 4.79 Å². The van der Waals surface area contributed by atoms with Gasteiger partial charge in [0, 0.05) is 18.6 Å². The number of nitrogens with zero attached hydrogens (tertiary/aromatic N) is 2. The molecule has 1 atom stereocenters. The molecule has 0 radical (unpaired) electrons. The molecule has 4 heteroatoms. The minimum atomic E-state index is -0.770. The Morgan fingerprint density at radius 1 is 1.56 bits per heavy atom. The van der Waals surface area contributed by atoms with Crippen LogP contribution in [0.15, 0.2) is 24.4 Å². The molecule has 0 fully saturated rings. The third-order valence-electron chi connectivity index (χ3n) is 2.68. The fourth-order valence-electron chi connectivity index (χ4n) is 1.81. The predicted molar refractivity (Wildman–Crippen MR) is 61.2 cm³/mol. The molecule has 0 aliphatic rings. The summed E-state index contributed by atoms with van der Waals surface area (Å²) < 4.78 is 1.75. The molecule has 0 saturated carbocycles. The van der Waals surface area contributed by atoms with E-state index in [1.54, 1.807) is 11.6 Å². The third kappa shape index (κ3) is 1.91. The molecule has 1 aromatic heterocycles. The van der Waals surface area contributed by atoms with Crippen LogP contribution in [0.4, 0.5) is 0 Å². The Balaban J connectivity index is 2.40. The lowest BCUT2D eigenvalue weighted by Crippen LogP contribution is -2.12. The number of carbonyl (C=O) groups is 1. The van der Waals surface area contributed by atoms with Crippen molar-refractivity contribution in [3.63, 3.8) is 0 Å². The molecule has 1 aromatic carbocycles. The highest BCUT2D eigenvalue weighted by molar-refractivity contribution is 5.82. The Labute approximate surface area is 93.5 Å². The highest BCUT2D eigenvalue weighted by Gasteiger charge is 2.14. The van der Waals surface area contributed by atoms with E-state index in [4.69, 9.17) is 5.11 Å². The predicted octanol–water partition coefficient (Wildman–Crippen LogP) is 1.84. The van der Waals surface area contributed by atoms with Crippen LogP contribution in [0.25, 0.3) is 10.9 Å².